The van der Waals surface area contributed by atoms with Gasteiger partial charge in [-0.3, -0.25) is 0 Å². The molecular weight excluding hydrogens is 278 g/mol. The third kappa shape index (κ3) is 2.46. The minimum atomic E-state index is 0.119. The third-order valence-corrected chi connectivity index (χ3v) is 5.35. The number of fused-ring (bicyclic) bond motifs is 1. The van der Waals surface area contributed by atoms with E-state index >= 15 is 0 Å². The molecule has 23 heavy (non-hydrogen) atoms. The smallest absolute Gasteiger partial charge is 0.0358 e. The maximum absolute atomic E-state index is 6.47. The molecule has 0 aromatic heterocycles. The van der Waals surface area contributed by atoms with Gasteiger partial charge in [0.2, 0.25) is 0 Å². The van der Waals surface area contributed by atoms with Crippen molar-refractivity contribution in [1.29, 1.82) is 0 Å². The Kier molecular flexibility index (Phi) is 3.46. The van der Waals surface area contributed by atoms with Crippen LogP contribution in [0.2, 0.25) is 0 Å². The zero-order chi connectivity index (χ0) is 16.0. The fourth-order valence-electron chi connectivity index (χ4n) is 3.85. The molecule has 116 valence electrons. The second kappa shape index (κ2) is 5.50. The molecule has 0 fully saturated rings. The molecule has 3 atom stereocenters. The van der Waals surface area contributed by atoms with E-state index in [-0.39, 0.29) is 6.04 Å². The standard InChI is InChI=1S/C22H23N/c1-14-7-10-20-15(2)11-19(13-21(20)22(14)23)18-9-8-16-5-3-4-6-17(16)12-18/h3-10,12-15,22H,11,23H2,1-2H3. The molecule has 4 rings (SSSR count). The van der Waals surface area contributed by atoms with Gasteiger partial charge in [-0.2, -0.15) is 0 Å². The maximum Gasteiger partial charge on any atom is 0.0358 e. The van der Waals surface area contributed by atoms with Crippen molar-refractivity contribution in [2.24, 2.45) is 17.6 Å². The highest BCUT2D eigenvalue weighted by atomic mass is 14.7. The van der Waals surface area contributed by atoms with Gasteiger partial charge in [0.05, 0.1) is 0 Å². The summed E-state index contributed by atoms with van der Waals surface area (Å²) in [4.78, 5) is 0. The van der Waals surface area contributed by atoms with Crippen molar-refractivity contribution in [3.05, 3.63) is 77.4 Å². The Morgan fingerprint density at radius 1 is 0.957 bits per heavy atom. The van der Waals surface area contributed by atoms with E-state index in [1.807, 2.05) is 0 Å². The highest BCUT2D eigenvalue weighted by Crippen LogP contribution is 2.39. The number of benzene rings is 2. The molecule has 0 bridgehead atoms. The van der Waals surface area contributed by atoms with E-state index in [1.165, 1.54) is 33.1 Å². The predicted octanol–water partition coefficient (Wildman–Crippen LogP) is 5.09. The summed E-state index contributed by atoms with van der Waals surface area (Å²) in [6.45, 7) is 4.52. The fraction of sp³-hybridized carbons (Fsp3) is 0.273. The van der Waals surface area contributed by atoms with E-state index in [0.29, 0.717) is 11.8 Å². The second-order valence-electron chi connectivity index (χ2n) is 6.99. The van der Waals surface area contributed by atoms with Crippen LogP contribution in [-0.4, -0.2) is 6.04 Å². The zero-order valence-electron chi connectivity index (χ0n) is 13.8. The third-order valence-electron chi connectivity index (χ3n) is 5.35. The quantitative estimate of drug-likeness (QED) is 0.780. The van der Waals surface area contributed by atoms with E-state index < -0.39 is 0 Å². The first-order valence-corrected chi connectivity index (χ1v) is 8.51. The minimum absolute atomic E-state index is 0.119. The second-order valence-corrected chi connectivity index (χ2v) is 6.99. The molecule has 2 N–H and O–H groups in total. The van der Waals surface area contributed by atoms with E-state index in [0.717, 1.165) is 6.42 Å². The molecule has 2 aliphatic rings. The van der Waals surface area contributed by atoms with E-state index in [2.05, 4.69) is 74.5 Å². The Morgan fingerprint density at radius 3 is 2.57 bits per heavy atom. The van der Waals surface area contributed by atoms with Crippen LogP contribution in [0, 0.1) is 11.8 Å². The summed E-state index contributed by atoms with van der Waals surface area (Å²) in [5.74, 6) is 0.944. The van der Waals surface area contributed by atoms with Crippen molar-refractivity contribution in [2.45, 2.75) is 26.3 Å². The molecule has 0 saturated heterocycles. The van der Waals surface area contributed by atoms with Gasteiger partial charge in [-0.15, -0.1) is 0 Å². The van der Waals surface area contributed by atoms with Gasteiger partial charge in [0.15, 0.2) is 0 Å². The molecule has 1 nitrogen and oxygen atoms in total. The van der Waals surface area contributed by atoms with Gasteiger partial charge >= 0.3 is 0 Å². The van der Waals surface area contributed by atoms with Crippen molar-refractivity contribution in [3.8, 4) is 0 Å². The van der Waals surface area contributed by atoms with E-state index in [9.17, 15) is 0 Å². The van der Waals surface area contributed by atoms with Gasteiger partial charge in [0, 0.05) is 6.04 Å². The Labute approximate surface area is 138 Å². The summed E-state index contributed by atoms with van der Waals surface area (Å²) >= 11 is 0. The molecule has 1 heteroatoms. The summed E-state index contributed by atoms with van der Waals surface area (Å²) in [6, 6.07) is 15.5. The molecule has 0 spiro atoms. The van der Waals surface area contributed by atoms with Crippen LogP contribution in [0.5, 0.6) is 0 Å². The van der Waals surface area contributed by atoms with Crippen LogP contribution in [0.1, 0.15) is 25.8 Å². The monoisotopic (exact) mass is 301 g/mol. The number of nitrogens with two attached hydrogens (primary N) is 1. The van der Waals surface area contributed by atoms with Crippen LogP contribution in [0.15, 0.2) is 71.8 Å². The first-order valence-electron chi connectivity index (χ1n) is 8.51. The molecule has 0 heterocycles. The first-order chi connectivity index (χ1) is 11.1. The summed E-state index contributed by atoms with van der Waals surface area (Å²) < 4.78 is 0. The van der Waals surface area contributed by atoms with Crippen molar-refractivity contribution in [1.82, 2.24) is 0 Å². The van der Waals surface area contributed by atoms with Crippen molar-refractivity contribution >= 4 is 16.3 Å². The largest absolute Gasteiger partial charge is 0.323 e. The molecule has 2 aliphatic carbocycles. The van der Waals surface area contributed by atoms with Crippen LogP contribution in [0.3, 0.4) is 0 Å². The Bertz CT molecular complexity index is 853. The van der Waals surface area contributed by atoms with Crippen LogP contribution in [0.25, 0.3) is 16.3 Å². The lowest BCUT2D eigenvalue weighted by molar-refractivity contribution is 0.574. The number of rotatable bonds is 1. The van der Waals surface area contributed by atoms with Crippen LogP contribution in [0.4, 0.5) is 0 Å². The SMILES string of the molecule is CC1CC(c2ccc3ccccc3c2)=CC2=C1C=CC(C)C2N. The topological polar surface area (TPSA) is 26.0 Å². The minimum Gasteiger partial charge on any atom is -0.323 e. The van der Waals surface area contributed by atoms with Crippen LogP contribution >= 0.6 is 0 Å². The highest BCUT2D eigenvalue weighted by Gasteiger charge is 2.27. The van der Waals surface area contributed by atoms with Gasteiger partial charge in [-0.1, -0.05) is 68.5 Å². The lowest BCUT2D eigenvalue weighted by Gasteiger charge is -2.32. The van der Waals surface area contributed by atoms with Gasteiger partial charge in [0.1, 0.15) is 0 Å². The molecule has 0 aliphatic heterocycles. The highest BCUT2D eigenvalue weighted by molar-refractivity contribution is 5.87. The van der Waals surface area contributed by atoms with Crippen molar-refractivity contribution < 1.29 is 0 Å². The Balaban J connectivity index is 1.80. The molecule has 0 amide bonds. The molecule has 3 unspecified atom stereocenters. The number of allylic oxidation sites excluding steroid dienone is 3. The molecule has 0 radical (unpaired) electrons. The Hall–Kier alpha value is -2.12. The first kappa shape index (κ1) is 14.5. The van der Waals surface area contributed by atoms with Gasteiger partial charge < -0.3 is 5.73 Å². The molecule has 2 aromatic carbocycles. The van der Waals surface area contributed by atoms with Gasteiger partial charge in [-0.25, -0.2) is 0 Å². The summed E-state index contributed by atoms with van der Waals surface area (Å²) in [6.07, 6.45) is 7.99. The van der Waals surface area contributed by atoms with Crippen molar-refractivity contribution in [3.63, 3.8) is 0 Å². The zero-order valence-corrected chi connectivity index (χ0v) is 13.8. The average molecular weight is 301 g/mol. The molecule has 0 saturated carbocycles. The van der Waals surface area contributed by atoms with Crippen LogP contribution in [-0.2, 0) is 0 Å². The average Bonchev–Trinajstić information content (AvgIpc) is 2.58. The number of hydrogen-bond donors (Lipinski definition) is 1. The molecule has 2 aromatic rings. The van der Waals surface area contributed by atoms with Gasteiger partial charge in [-0.05, 0) is 57.4 Å². The predicted molar refractivity (Wildman–Crippen MR) is 99.0 cm³/mol. The lowest BCUT2D eigenvalue weighted by atomic mass is 9.74. The Morgan fingerprint density at radius 2 is 1.74 bits per heavy atom. The lowest BCUT2D eigenvalue weighted by Crippen LogP contribution is -2.33. The van der Waals surface area contributed by atoms with Gasteiger partial charge in [0.25, 0.3) is 0 Å². The van der Waals surface area contributed by atoms with E-state index in [1.54, 1.807) is 0 Å². The normalized spacial score (nSPS) is 27.1. The summed E-state index contributed by atoms with van der Waals surface area (Å²) in [5, 5.41) is 2.60. The number of hydrogen-bond acceptors (Lipinski definition) is 1. The van der Waals surface area contributed by atoms with Crippen molar-refractivity contribution in [2.75, 3.05) is 0 Å². The summed E-state index contributed by atoms with van der Waals surface area (Å²) in [5.41, 5.74) is 12.0. The summed E-state index contributed by atoms with van der Waals surface area (Å²) in [7, 11) is 0. The fourth-order valence-corrected chi connectivity index (χ4v) is 3.85. The van der Waals surface area contributed by atoms with Crippen LogP contribution < -0.4 is 5.73 Å². The molecular formula is C22H23N. The maximum atomic E-state index is 6.47. The van der Waals surface area contributed by atoms with E-state index in [4.69, 9.17) is 5.73 Å².